The molecule has 112 valence electrons. The number of nitrogens with zero attached hydrogens (tertiary/aromatic N) is 2. The average Bonchev–Trinajstić information content (AvgIpc) is 2.51. The van der Waals surface area contributed by atoms with E-state index in [0.717, 1.165) is 11.8 Å². The fraction of sp³-hybridized carbons (Fsp3) is 0.385. The summed E-state index contributed by atoms with van der Waals surface area (Å²) in [6.07, 6.45) is 0. The predicted molar refractivity (Wildman–Crippen MR) is 73.7 cm³/mol. The summed E-state index contributed by atoms with van der Waals surface area (Å²) < 4.78 is 14.2. The van der Waals surface area contributed by atoms with Gasteiger partial charge in [0.15, 0.2) is 0 Å². The van der Waals surface area contributed by atoms with E-state index in [4.69, 9.17) is 10.00 Å². The second-order valence-electron chi connectivity index (χ2n) is 3.74. The maximum Gasteiger partial charge on any atom is 0.339 e. The number of thioether (sulfide) groups is 1. The number of esters is 2. The largest absolute Gasteiger partial charge is 0.468 e. The van der Waals surface area contributed by atoms with Crippen LogP contribution in [0.5, 0.6) is 0 Å². The second kappa shape index (κ2) is 8.24. The minimum Gasteiger partial charge on any atom is -0.468 e. The van der Waals surface area contributed by atoms with Gasteiger partial charge in [-0.15, -0.1) is 0 Å². The van der Waals surface area contributed by atoms with Crippen molar-refractivity contribution in [1.29, 1.82) is 5.26 Å². The Morgan fingerprint density at radius 1 is 1.33 bits per heavy atom. The Morgan fingerprint density at radius 3 is 2.57 bits per heavy atom. The standard InChI is InChI=1S/C13H14N2O5S/c1-18-6-10-9(13(17)20-3)4-8(5-14)12(15-10)21-7-11(16)19-2/h4H,6-7H2,1-3H3. The van der Waals surface area contributed by atoms with E-state index in [0.29, 0.717) is 10.7 Å². The van der Waals surface area contributed by atoms with Gasteiger partial charge in [-0.05, 0) is 6.07 Å². The topological polar surface area (TPSA) is 98.5 Å². The zero-order chi connectivity index (χ0) is 15.8. The molecule has 0 aromatic carbocycles. The van der Waals surface area contributed by atoms with Gasteiger partial charge in [-0.3, -0.25) is 4.79 Å². The summed E-state index contributed by atoms with van der Waals surface area (Å²) in [6, 6.07) is 3.32. The summed E-state index contributed by atoms with van der Waals surface area (Å²) in [4.78, 5) is 27.1. The van der Waals surface area contributed by atoms with Crippen LogP contribution < -0.4 is 0 Å². The normalized spacial score (nSPS) is 9.81. The monoisotopic (exact) mass is 310 g/mol. The van der Waals surface area contributed by atoms with E-state index in [1.54, 1.807) is 0 Å². The zero-order valence-corrected chi connectivity index (χ0v) is 12.7. The number of carbonyl (C=O) groups excluding carboxylic acids is 2. The fourth-order valence-electron chi connectivity index (χ4n) is 1.44. The zero-order valence-electron chi connectivity index (χ0n) is 11.8. The summed E-state index contributed by atoms with van der Waals surface area (Å²) in [5.41, 5.74) is 0.693. The molecule has 0 aliphatic rings. The molecule has 0 amide bonds. The third kappa shape index (κ3) is 4.44. The third-order valence-corrected chi connectivity index (χ3v) is 3.39. The first-order chi connectivity index (χ1) is 10.1. The maximum atomic E-state index is 11.7. The highest BCUT2D eigenvalue weighted by atomic mass is 32.2. The van der Waals surface area contributed by atoms with E-state index < -0.39 is 11.9 Å². The van der Waals surface area contributed by atoms with Gasteiger partial charge in [0.2, 0.25) is 0 Å². The van der Waals surface area contributed by atoms with Crippen molar-refractivity contribution in [3.8, 4) is 6.07 Å². The Labute approximate surface area is 126 Å². The lowest BCUT2D eigenvalue weighted by molar-refractivity contribution is -0.137. The molecule has 0 bridgehead atoms. The second-order valence-corrected chi connectivity index (χ2v) is 4.70. The molecule has 0 saturated carbocycles. The molecule has 0 aliphatic carbocycles. The lowest BCUT2D eigenvalue weighted by Gasteiger charge is -2.10. The first-order valence-electron chi connectivity index (χ1n) is 5.78. The molecule has 1 aromatic rings. The lowest BCUT2D eigenvalue weighted by Crippen LogP contribution is -2.11. The van der Waals surface area contributed by atoms with E-state index >= 15 is 0 Å². The molecule has 21 heavy (non-hydrogen) atoms. The number of hydrogen-bond acceptors (Lipinski definition) is 8. The molecule has 1 heterocycles. The number of nitriles is 1. The van der Waals surface area contributed by atoms with E-state index in [2.05, 4.69) is 14.5 Å². The highest BCUT2D eigenvalue weighted by Gasteiger charge is 2.18. The molecule has 8 heteroatoms. The predicted octanol–water partition coefficient (Wildman–Crippen LogP) is 1.15. The van der Waals surface area contributed by atoms with Crippen LogP contribution >= 0.6 is 11.8 Å². The minimum absolute atomic E-state index is 0.0160. The number of aromatic nitrogens is 1. The van der Waals surface area contributed by atoms with Crippen molar-refractivity contribution in [3.63, 3.8) is 0 Å². The number of hydrogen-bond donors (Lipinski definition) is 0. The molecule has 0 unspecified atom stereocenters. The lowest BCUT2D eigenvalue weighted by atomic mass is 10.1. The molecular formula is C13H14N2O5S. The molecule has 0 aliphatic heterocycles. The van der Waals surface area contributed by atoms with Gasteiger partial charge in [0.05, 0.1) is 43.4 Å². The SMILES string of the molecule is COCc1nc(SCC(=O)OC)c(C#N)cc1C(=O)OC. The van der Waals surface area contributed by atoms with Crippen LogP contribution in [0.3, 0.4) is 0 Å². The van der Waals surface area contributed by atoms with Gasteiger partial charge in [0.25, 0.3) is 0 Å². The summed E-state index contributed by atoms with van der Waals surface area (Å²) in [5, 5.41) is 9.47. The molecule has 1 rings (SSSR count). The van der Waals surface area contributed by atoms with Crippen LogP contribution in [0, 0.1) is 11.3 Å². The van der Waals surface area contributed by atoms with E-state index in [1.165, 1.54) is 27.4 Å². The van der Waals surface area contributed by atoms with Crippen LogP contribution in [-0.2, 0) is 25.6 Å². The highest BCUT2D eigenvalue weighted by molar-refractivity contribution is 7.99. The van der Waals surface area contributed by atoms with Gasteiger partial charge < -0.3 is 14.2 Å². The van der Waals surface area contributed by atoms with Crippen LogP contribution in [0.2, 0.25) is 0 Å². The Hall–Kier alpha value is -2.11. The number of pyridine rings is 1. The van der Waals surface area contributed by atoms with Gasteiger partial charge in [0, 0.05) is 7.11 Å². The summed E-state index contributed by atoms with van der Waals surface area (Å²) in [6.45, 7) is 0.0852. The molecule has 0 radical (unpaired) electrons. The Bertz CT molecular complexity index is 583. The summed E-state index contributed by atoms with van der Waals surface area (Å²) >= 11 is 1.06. The molecule has 0 saturated heterocycles. The first-order valence-corrected chi connectivity index (χ1v) is 6.76. The van der Waals surface area contributed by atoms with Gasteiger partial charge in [0.1, 0.15) is 11.1 Å². The maximum absolute atomic E-state index is 11.7. The van der Waals surface area contributed by atoms with E-state index in [-0.39, 0.29) is 23.5 Å². The number of ether oxygens (including phenoxy) is 3. The summed E-state index contributed by atoms with van der Waals surface area (Å²) in [7, 11) is 3.98. The van der Waals surface area contributed by atoms with Crippen molar-refractivity contribution < 1.29 is 23.8 Å². The molecular weight excluding hydrogens is 296 g/mol. The Kier molecular flexibility index (Phi) is 6.65. The highest BCUT2D eigenvalue weighted by Crippen LogP contribution is 2.24. The molecule has 1 aromatic heterocycles. The molecule has 7 nitrogen and oxygen atoms in total. The van der Waals surface area contributed by atoms with Crippen molar-refractivity contribution in [2.24, 2.45) is 0 Å². The molecule has 0 N–H and O–H groups in total. The van der Waals surface area contributed by atoms with Gasteiger partial charge in [-0.1, -0.05) is 11.8 Å². The average molecular weight is 310 g/mol. The van der Waals surface area contributed by atoms with Crippen molar-refractivity contribution in [2.75, 3.05) is 27.1 Å². The van der Waals surface area contributed by atoms with Crippen LogP contribution in [-0.4, -0.2) is 44.0 Å². The van der Waals surface area contributed by atoms with Crippen molar-refractivity contribution in [1.82, 2.24) is 4.98 Å². The third-order valence-electron chi connectivity index (χ3n) is 2.43. The van der Waals surface area contributed by atoms with Gasteiger partial charge in [-0.25, -0.2) is 9.78 Å². The van der Waals surface area contributed by atoms with Crippen LogP contribution in [0.25, 0.3) is 0 Å². The quantitative estimate of drug-likeness (QED) is 0.570. The smallest absolute Gasteiger partial charge is 0.339 e. The summed E-state index contributed by atoms with van der Waals surface area (Å²) in [5.74, 6) is -1.02. The fourth-order valence-corrected chi connectivity index (χ4v) is 2.25. The first kappa shape index (κ1) is 16.9. The Balaban J connectivity index is 3.19. The number of carbonyl (C=O) groups is 2. The van der Waals surface area contributed by atoms with E-state index in [9.17, 15) is 9.59 Å². The van der Waals surface area contributed by atoms with Crippen molar-refractivity contribution in [2.45, 2.75) is 11.6 Å². The molecule has 0 spiro atoms. The van der Waals surface area contributed by atoms with Crippen molar-refractivity contribution >= 4 is 23.7 Å². The number of rotatable bonds is 6. The van der Waals surface area contributed by atoms with Crippen LogP contribution in [0.15, 0.2) is 11.1 Å². The Morgan fingerprint density at radius 2 is 2.05 bits per heavy atom. The van der Waals surface area contributed by atoms with Gasteiger partial charge in [-0.2, -0.15) is 5.26 Å². The number of methoxy groups -OCH3 is 3. The molecule has 0 fully saturated rings. The van der Waals surface area contributed by atoms with Crippen LogP contribution in [0.1, 0.15) is 21.6 Å². The van der Waals surface area contributed by atoms with E-state index in [1.807, 2.05) is 6.07 Å². The van der Waals surface area contributed by atoms with Gasteiger partial charge >= 0.3 is 11.9 Å². The van der Waals surface area contributed by atoms with Crippen molar-refractivity contribution in [3.05, 3.63) is 22.9 Å². The van der Waals surface area contributed by atoms with Crippen LogP contribution in [0.4, 0.5) is 0 Å². The minimum atomic E-state index is -0.601. The molecule has 0 atom stereocenters.